The molecule has 1 aliphatic rings. The van der Waals surface area contributed by atoms with Crippen LogP contribution in [-0.2, 0) is 16.4 Å². The molecule has 0 fully saturated rings. The summed E-state index contributed by atoms with van der Waals surface area (Å²) in [6.07, 6.45) is 1.71. The van der Waals surface area contributed by atoms with Gasteiger partial charge in [0.2, 0.25) is 10.0 Å². The van der Waals surface area contributed by atoms with Crippen LogP contribution in [-0.4, -0.2) is 19.8 Å². The molecule has 1 aliphatic carbocycles. The zero-order valence-corrected chi connectivity index (χ0v) is 13.2. The van der Waals surface area contributed by atoms with E-state index in [1.807, 2.05) is 18.2 Å². The molecule has 0 radical (unpaired) electrons. The first kappa shape index (κ1) is 14.6. The van der Waals surface area contributed by atoms with E-state index in [0.29, 0.717) is 0 Å². The molecule has 0 bridgehead atoms. The average Bonchev–Trinajstić information content (AvgIpc) is 2.90. The molecule has 1 unspecified atom stereocenters. The van der Waals surface area contributed by atoms with Crippen LogP contribution in [0.5, 0.6) is 0 Å². The monoisotopic (exact) mass is 321 g/mol. The first-order chi connectivity index (χ1) is 10.0. The topological polar surface area (TPSA) is 37.4 Å². The highest BCUT2D eigenvalue weighted by Crippen LogP contribution is 2.38. The summed E-state index contributed by atoms with van der Waals surface area (Å²) in [7, 11) is -1.96. The second kappa shape index (κ2) is 5.44. The van der Waals surface area contributed by atoms with Gasteiger partial charge in [-0.25, -0.2) is 8.42 Å². The summed E-state index contributed by atoms with van der Waals surface area (Å²) in [4.78, 5) is 0.165. The molecule has 0 heterocycles. The van der Waals surface area contributed by atoms with E-state index >= 15 is 0 Å². The van der Waals surface area contributed by atoms with Crippen molar-refractivity contribution in [3.05, 3.63) is 64.7 Å². The van der Waals surface area contributed by atoms with Gasteiger partial charge in [-0.1, -0.05) is 48.0 Å². The maximum Gasteiger partial charge on any atom is 0.244 e. The van der Waals surface area contributed by atoms with Crippen molar-refractivity contribution in [2.45, 2.75) is 23.8 Å². The number of nitrogens with zero attached hydrogens (tertiary/aromatic N) is 1. The van der Waals surface area contributed by atoms with Crippen molar-refractivity contribution in [2.75, 3.05) is 7.05 Å². The van der Waals surface area contributed by atoms with Crippen molar-refractivity contribution >= 4 is 21.6 Å². The van der Waals surface area contributed by atoms with E-state index in [4.69, 9.17) is 11.6 Å². The first-order valence-electron chi connectivity index (χ1n) is 6.82. The van der Waals surface area contributed by atoms with Crippen molar-refractivity contribution in [1.29, 1.82) is 0 Å². The summed E-state index contributed by atoms with van der Waals surface area (Å²) in [6, 6.07) is 14.5. The van der Waals surface area contributed by atoms with Gasteiger partial charge in [-0.3, -0.25) is 0 Å². The third-order valence-corrected chi connectivity index (χ3v) is 6.40. The lowest BCUT2D eigenvalue weighted by Gasteiger charge is -2.25. The minimum absolute atomic E-state index is 0.123. The molecule has 0 N–H and O–H groups in total. The molecule has 2 aromatic rings. The summed E-state index contributed by atoms with van der Waals surface area (Å²) in [5, 5.41) is 0.260. The maximum absolute atomic E-state index is 12.8. The Balaban J connectivity index is 2.00. The number of hydrogen-bond acceptors (Lipinski definition) is 2. The normalized spacial score (nSPS) is 18.0. The van der Waals surface area contributed by atoms with Crippen molar-refractivity contribution in [1.82, 2.24) is 4.31 Å². The second-order valence-corrected chi connectivity index (χ2v) is 7.58. The Labute approximate surface area is 130 Å². The zero-order valence-electron chi connectivity index (χ0n) is 11.7. The lowest BCUT2D eigenvalue weighted by atomic mass is 10.1. The van der Waals surface area contributed by atoms with Crippen molar-refractivity contribution in [2.24, 2.45) is 0 Å². The van der Waals surface area contributed by atoms with Gasteiger partial charge in [0.25, 0.3) is 0 Å². The minimum atomic E-state index is -3.59. The van der Waals surface area contributed by atoms with Gasteiger partial charge in [0.15, 0.2) is 0 Å². The van der Waals surface area contributed by atoms with Crippen LogP contribution in [0.4, 0.5) is 0 Å². The zero-order chi connectivity index (χ0) is 15.0. The summed E-state index contributed by atoms with van der Waals surface area (Å²) >= 11 is 6.05. The summed E-state index contributed by atoms with van der Waals surface area (Å²) < 4.78 is 27.0. The van der Waals surface area contributed by atoms with Crippen molar-refractivity contribution < 1.29 is 8.42 Å². The molecule has 0 spiro atoms. The summed E-state index contributed by atoms with van der Waals surface area (Å²) in [5.41, 5.74) is 2.32. The minimum Gasteiger partial charge on any atom is -0.207 e. The van der Waals surface area contributed by atoms with Crippen LogP contribution in [0.2, 0.25) is 5.02 Å². The number of hydrogen-bond donors (Lipinski definition) is 0. The van der Waals surface area contributed by atoms with Gasteiger partial charge < -0.3 is 0 Å². The van der Waals surface area contributed by atoms with Crippen LogP contribution in [0.1, 0.15) is 23.6 Å². The Hall–Kier alpha value is -1.36. The average molecular weight is 322 g/mol. The molecule has 0 saturated heterocycles. The highest BCUT2D eigenvalue weighted by molar-refractivity contribution is 7.89. The fourth-order valence-electron chi connectivity index (χ4n) is 2.89. The van der Waals surface area contributed by atoms with Gasteiger partial charge >= 0.3 is 0 Å². The van der Waals surface area contributed by atoms with Crippen LogP contribution in [0.3, 0.4) is 0 Å². The molecule has 0 amide bonds. The van der Waals surface area contributed by atoms with Gasteiger partial charge in [-0.2, -0.15) is 4.31 Å². The molecule has 21 heavy (non-hydrogen) atoms. The molecule has 0 saturated carbocycles. The highest BCUT2D eigenvalue weighted by atomic mass is 35.5. The molecule has 2 aromatic carbocycles. The number of benzene rings is 2. The molecule has 0 aromatic heterocycles. The Morgan fingerprint density at radius 1 is 1.10 bits per heavy atom. The molecular weight excluding hydrogens is 306 g/mol. The lowest BCUT2D eigenvalue weighted by molar-refractivity contribution is 0.374. The predicted molar refractivity (Wildman–Crippen MR) is 83.9 cm³/mol. The Morgan fingerprint density at radius 3 is 2.52 bits per heavy atom. The molecule has 3 nitrogen and oxygen atoms in total. The SMILES string of the molecule is CN(C1CCc2ccccc21)S(=O)(=O)c1ccccc1Cl. The second-order valence-electron chi connectivity index (χ2n) is 5.20. The standard InChI is InChI=1S/C16H16ClNO2S/c1-18(15-11-10-12-6-2-3-7-13(12)15)21(19,20)16-9-5-4-8-14(16)17/h2-9,15H,10-11H2,1H3. The van der Waals surface area contributed by atoms with E-state index in [-0.39, 0.29) is 16.0 Å². The number of sulfonamides is 1. The Kier molecular flexibility index (Phi) is 3.78. The molecular formula is C16H16ClNO2S. The van der Waals surface area contributed by atoms with E-state index in [2.05, 4.69) is 6.07 Å². The van der Waals surface area contributed by atoms with Crippen LogP contribution >= 0.6 is 11.6 Å². The molecule has 5 heteroatoms. The van der Waals surface area contributed by atoms with Crippen LogP contribution < -0.4 is 0 Å². The van der Waals surface area contributed by atoms with E-state index in [9.17, 15) is 8.42 Å². The van der Waals surface area contributed by atoms with Crippen LogP contribution in [0.15, 0.2) is 53.4 Å². The summed E-state index contributed by atoms with van der Waals surface area (Å²) in [5.74, 6) is 0. The van der Waals surface area contributed by atoms with Crippen LogP contribution in [0.25, 0.3) is 0 Å². The fraction of sp³-hybridized carbons (Fsp3) is 0.250. The first-order valence-corrected chi connectivity index (χ1v) is 8.64. The third kappa shape index (κ3) is 2.48. The number of aryl methyl sites for hydroxylation is 1. The van der Waals surface area contributed by atoms with E-state index < -0.39 is 10.0 Å². The largest absolute Gasteiger partial charge is 0.244 e. The number of rotatable bonds is 3. The molecule has 3 rings (SSSR count). The molecule has 1 atom stereocenters. The smallest absolute Gasteiger partial charge is 0.207 e. The summed E-state index contributed by atoms with van der Waals surface area (Å²) in [6.45, 7) is 0. The lowest BCUT2D eigenvalue weighted by Crippen LogP contribution is -2.30. The van der Waals surface area contributed by atoms with E-state index in [1.165, 1.54) is 9.87 Å². The van der Waals surface area contributed by atoms with Crippen molar-refractivity contribution in [3.63, 3.8) is 0 Å². The number of fused-ring (bicyclic) bond motifs is 1. The van der Waals surface area contributed by atoms with Gasteiger partial charge in [0.05, 0.1) is 11.1 Å². The highest BCUT2D eigenvalue weighted by Gasteiger charge is 2.34. The Morgan fingerprint density at radius 2 is 1.76 bits per heavy atom. The van der Waals surface area contributed by atoms with Gasteiger partial charge in [-0.15, -0.1) is 0 Å². The quantitative estimate of drug-likeness (QED) is 0.865. The predicted octanol–water partition coefficient (Wildman–Crippen LogP) is 3.65. The fourth-order valence-corrected chi connectivity index (χ4v) is 4.75. The van der Waals surface area contributed by atoms with E-state index in [1.54, 1.807) is 31.3 Å². The third-order valence-electron chi connectivity index (χ3n) is 4.03. The molecule has 0 aliphatic heterocycles. The van der Waals surface area contributed by atoms with Crippen LogP contribution in [0, 0.1) is 0 Å². The van der Waals surface area contributed by atoms with Gasteiger partial charge in [-0.05, 0) is 36.1 Å². The van der Waals surface area contributed by atoms with Crippen molar-refractivity contribution in [3.8, 4) is 0 Å². The van der Waals surface area contributed by atoms with E-state index in [0.717, 1.165) is 18.4 Å². The van der Waals surface area contributed by atoms with Gasteiger partial charge in [0, 0.05) is 7.05 Å². The Bertz CT molecular complexity index is 773. The number of halogens is 1. The maximum atomic E-state index is 12.8. The van der Waals surface area contributed by atoms with Gasteiger partial charge in [0.1, 0.15) is 4.90 Å². The molecule has 110 valence electrons.